The summed E-state index contributed by atoms with van der Waals surface area (Å²) >= 11 is 0. The molecule has 1 aliphatic rings. The zero-order chi connectivity index (χ0) is 34.4. The highest BCUT2D eigenvalue weighted by Gasteiger charge is 2.49. The summed E-state index contributed by atoms with van der Waals surface area (Å²) in [7, 11) is 0. The molecule has 8 heteroatoms. The van der Waals surface area contributed by atoms with Crippen LogP contribution in [0.1, 0.15) is 38.2 Å². The summed E-state index contributed by atoms with van der Waals surface area (Å²) in [4.78, 5) is 12.0. The molecular weight excluding hydrogens is 632 g/mol. The van der Waals surface area contributed by atoms with Gasteiger partial charge in [-0.25, -0.2) is 4.79 Å². The third kappa shape index (κ3) is 9.95. The summed E-state index contributed by atoms with van der Waals surface area (Å²) in [5, 5.41) is 9.84. The minimum Gasteiger partial charge on any atom is -0.478 e. The molecule has 0 bridgehead atoms. The Labute approximate surface area is 293 Å². The van der Waals surface area contributed by atoms with E-state index in [9.17, 15) is 9.90 Å². The van der Waals surface area contributed by atoms with E-state index in [0.29, 0.717) is 25.4 Å². The first kappa shape index (κ1) is 35.2. The summed E-state index contributed by atoms with van der Waals surface area (Å²) in [6.45, 7) is 1.44. The summed E-state index contributed by atoms with van der Waals surface area (Å²) in [5.74, 6) is -1.03. The number of carboxylic acid groups (broad SMARTS) is 1. The number of aromatic carboxylic acids is 1. The van der Waals surface area contributed by atoms with Crippen molar-refractivity contribution in [1.82, 2.24) is 0 Å². The maximum Gasteiger partial charge on any atom is 0.336 e. The third-order valence-corrected chi connectivity index (χ3v) is 8.49. The molecule has 1 N–H and O–H groups in total. The second kappa shape index (κ2) is 18.4. The lowest BCUT2D eigenvalue weighted by Crippen LogP contribution is -2.61. The number of hydrogen-bond acceptors (Lipinski definition) is 7. The van der Waals surface area contributed by atoms with Gasteiger partial charge in [0.1, 0.15) is 24.4 Å². The Morgan fingerprint density at radius 3 is 1.46 bits per heavy atom. The van der Waals surface area contributed by atoms with Gasteiger partial charge in [0, 0.05) is 0 Å². The summed E-state index contributed by atoms with van der Waals surface area (Å²) in [6, 6.07) is 46.5. The molecule has 0 radical (unpaired) electrons. The number of rotatable bonds is 17. The fourth-order valence-corrected chi connectivity index (χ4v) is 5.91. The molecule has 8 nitrogen and oxygen atoms in total. The van der Waals surface area contributed by atoms with E-state index in [1.165, 1.54) is 0 Å². The van der Waals surface area contributed by atoms with Crippen LogP contribution >= 0.6 is 0 Å². The summed E-state index contributed by atoms with van der Waals surface area (Å²) < 4.78 is 39.5. The van der Waals surface area contributed by atoms with Crippen molar-refractivity contribution in [1.29, 1.82) is 0 Å². The normalized spacial score (nSPS) is 20.4. The maximum absolute atomic E-state index is 12.0. The van der Waals surface area contributed by atoms with Crippen molar-refractivity contribution in [2.45, 2.75) is 63.7 Å². The van der Waals surface area contributed by atoms with Gasteiger partial charge in [-0.15, -0.1) is 0 Å². The Bertz CT molecular complexity index is 1720. The first-order valence-electron chi connectivity index (χ1n) is 16.8. The van der Waals surface area contributed by atoms with Crippen LogP contribution in [0.15, 0.2) is 146 Å². The predicted molar refractivity (Wildman–Crippen MR) is 188 cm³/mol. The molecule has 5 atom stereocenters. The van der Waals surface area contributed by atoms with Crippen LogP contribution in [0.25, 0.3) is 0 Å². The number of hydrogen-bond donors (Lipinski definition) is 1. The Morgan fingerprint density at radius 2 is 0.940 bits per heavy atom. The zero-order valence-corrected chi connectivity index (χ0v) is 27.8. The van der Waals surface area contributed by atoms with Gasteiger partial charge in [-0.05, 0) is 33.9 Å². The van der Waals surface area contributed by atoms with E-state index < -0.39 is 36.7 Å². The molecule has 0 aliphatic carbocycles. The smallest absolute Gasteiger partial charge is 0.336 e. The second-order valence-corrected chi connectivity index (χ2v) is 12.1. The quantitative estimate of drug-likeness (QED) is 0.108. The van der Waals surface area contributed by atoms with Crippen LogP contribution in [-0.2, 0) is 61.5 Å². The Morgan fingerprint density at radius 1 is 0.500 bits per heavy atom. The van der Waals surface area contributed by atoms with Crippen molar-refractivity contribution in [3.05, 3.63) is 179 Å². The standard InChI is InChI=1S/C42H42O8/c43-41(44)36-24-14-13-23-35(36)29-49-42-40(48-28-34-21-11-4-12-22-34)39(47-27-33-19-9-3-10-20-33)38(46-26-32-17-7-2-8-18-32)37(50-42)30-45-25-31-15-5-1-6-16-31/h1-24,37-40,42H,25-30H2,(H,43,44)/t37-,38-,39+,40+,42+/m1/s1. The van der Waals surface area contributed by atoms with Crippen LogP contribution in [-0.4, -0.2) is 48.4 Å². The van der Waals surface area contributed by atoms with Crippen molar-refractivity contribution < 1.29 is 38.3 Å². The first-order valence-corrected chi connectivity index (χ1v) is 16.8. The van der Waals surface area contributed by atoms with Gasteiger partial charge >= 0.3 is 5.97 Å². The molecular formula is C42H42O8. The monoisotopic (exact) mass is 674 g/mol. The molecule has 1 saturated heterocycles. The lowest BCUT2D eigenvalue weighted by molar-refractivity contribution is -0.330. The van der Waals surface area contributed by atoms with E-state index in [2.05, 4.69) is 0 Å². The Kier molecular flexibility index (Phi) is 12.9. The lowest BCUT2D eigenvalue weighted by Gasteiger charge is -2.46. The minimum absolute atomic E-state index is 0.0170. The number of ether oxygens (including phenoxy) is 6. The third-order valence-electron chi connectivity index (χ3n) is 8.49. The predicted octanol–water partition coefficient (Wildman–Crippen LogP) is 7.60. The highest BCUT2D eigenvalue weighted by atomic mass is 16.7. The minimum atomic E-state index is -1.03. The maximum atomic E-state index is 12.0. The van der Waals surface area contributed by atoms with Gasteiger partial charge in [0.25, 0.3) is 0 Å². The molecule has 0 amide bonds. The average molecular weight is 675 g/mol. The number of carbonyl (C=O) groups is 1. The van der Waals surface area contributed by atoms with E-state index in [1.54, 1.807) is 24.3 Å². The van der Waals surface area contributed by atoms with Crippen LogP contribution < -0.4 is 0 Å². The Hall–Kier alpha value is -4.67. The van der Waals surface area contributed by atoms with Crippen molar-refractivity contribution in [2.24, 2.45) is 0 Å². The van der Waals surface area contributed by atoms with Gasteiger partial charge in [0.2, 0.25) is 0 Å². The molecule has 0 saturated carbocycles. The van der Waals surface area contributed by atoms with Gasteiger partial charge in [0.05, 0.1) is 45.2 Å². The van der Waals surface area contributed by atoms with Crippen molar-refractivity contribution >= 4 is 5.97 Å². The molecule has 1 aliphatic heterocycles. The molecule has 5 aromatic carbocycles. The second-order valence-electron chi connectivity index (χ2n) is 12.1. The van der Waals surface area contributed by atoms with Crippen molar-refractivity contribution in [3.63, 3.8) is 0 Å². The van der Waals surface area contributed by atoms with Gasteiger partial charge in [-0.1, -0.05) is 140 Å². The molecule has 6 rings (SSSR count). The van der Waals surface area contributed by atoms with Crippen LogP contribution in [0.3, 0.4) is 0 Å². The topological polar surface area (TPSA) is 92.7 Å². The molecule has 258 valence electrons. The van der Waals surface area contributed by atoms with E-state index in [0.717, 1.165) is 22.3 Å². The van der Waals surface area contributed by atoms with E-state index >= 15 is 0 Å². The summed E-state index contributed by atoms with van der Waals surface area (Å²) in [6.07, 6.45) is -3.56. The van der Waals surface area contributed by atoms with Crippen LogP contribution in [0.2, 0.25) is 0 Å². The molecule has 50 heavy (non-hydrogen) atoms. The van der Waals surface area contributed by atoms with Crippen LogP contribution in [0.4, 0.5) is 0 Å². The fourth-order valence-electron chi connectivity index (χ4n) is 5.91. The number of carboxylic acids is 1. The van der Waals surface area contributed by atoms with Gasteiger partial charge in [0.15, 0.2) is 6.29 Å². The SMILES string of the molecule is O=C(O)c1ccccc1CO[C@H]1O[C@H](COCc2ccccc2)[C@@H](OCc2ccccc2)[C@H](OCc2ccccc2)[C@@H]1OCc1ccccc1. The van der Waals surface area contributed by atoms with E-state index in [1.807, 2.05) is 121 Å². The molecule has 0 spiro atoms. The van der Waals surface area contributed by atoms with Gasteiger partial charge in [-0.2, -0.15) is 0 Å². The first-order chi connectivity index (χ1) is 24.6. The molecule has 5 aromatic rings. The van der Waals surface area contributed by atoms with Crippen LogP contribution in [0.5, 0.6) is 0 Å². The van der Waals surface area contributed by atoms with Crippen molar-refractivity contribution in [3.8, 4) is 0 Å². The Balaban J connectivity index is 1.32. The lowest BCUT2D eigenvalue weighted by atomic mass is 9.97. The molecule has 1 heterocycles. The zero-order valence-electron chi connectivity index (χ0n) is 27.8. The number of benzene rings is 5. The fraction of sp³-hybridized carbons (Fsp3) is 0.262. The molecule has 0 unspecified atom stereocenters. The average Bonchev–Trinajstić information content (AvgIpc) is 3.17. The highest BCUT2D eigenvalue weighted by Crippen LogP contribution is 2.32. The van der Waals surface area contributed by atoms with E-state index in [4.69, 9.17) is 28.4 Å². The largest absolute Gasteiger partial charge is 0.478 e. The van der Waals surface area contributed by atoms with E-state index in [-0.39, 0.29) is 25.4 Å². The van der Waals surface area contributed by atoms with Gasteiger partial charge < -0.3 is 33.5 Å². The molecule has 1 fully saturated rings. The molecule has 0 aromatic heterocycles. The van der Waals surface area contributed by atoms with Gasteiger partial charge in [-0.3, -0.25) is 0 Å². The van der Waals surface area contributed by atoms with Crippen LogP contribution in [0, 0.1) is 0 Å². The summed E-state index contributed by atoms with van der Waals surface area (Å²) in [5.41, 5.74) is 4.68. The highest BCUT2D eigenvalue weighted by molar-refractivity contribution is 5.89. The van der Waals surface area contributed by atoms with Crippen molar-refractivity contribution in [2.75, 3.05) is 6.61 Å².